The standard InChI is InChI=1S/C15H13F3O2S/c16-15(17,18)14(19)12-9-6-7-10(8-9)13(12)21(20)11-4-2-1-3-5-11/h1-7,9-10,12-13H,8H2/t9-,10+,12-,13-,21-/m0/s1. The minimum Gasteiger partial charge on any atom is -0.289 e. The largest absolute Gasteiger partial charge is 0.450 e. The molecule has 0 spiro atoms. The van der Waals surface area contributed by atoms with E-state index in [-0.39, 0.29) is 5.92 Å². The van der Waals surface area contributed by atoms with Crippen molar-refractivity contribution in [3.8, 4) is 0 Å². The number of hydrogen-bond donors (Lipinski definition) is 0. The summed E-state index contributed by atoms with van der Waals surface area (Å²) in [6.07, 6.45) is -0.925. The van der Waals surface area contributed by atoms with E-state index >= 15 is 0 Å². The summed E-state index contributed by atoms with van der Waals surface area (Å²) in [5.74, 6) is -3.62. The van der Waals surface area contributed by atoms with Gasteiger partial charge in [0, 0.05) is 10.8 Å². The third-order valence-corrected chi connectivity index (χ3v) is 6.07. The smallest absolute Gasteiger partial charge is 0.289 e. The van der Waals surface area contributed by atoms with Gasteiger partial charge in [0.25, 0.3) is 0 Å². The number of carbonyl (C=O) groups is 1. The van der Waals surface area contributed by atoms with E-state index in [0.717, 1.165) is 0 Å². The van der Waals surface area contributed by atoms with E-state index in [4.69, 9.17) is 0 Å². The Labute approximate surface area is 122 Å². The Kier molecular flexibility index (Phi) is 3.51. The number of rotatable bonds is 3. The average Bonchev–Trinajstić information content (AvgIpc) is 3.06. The molecule has 0 aromatic heterocycles. The van der Waals surface area contributed by atoms with Crippen LogP contribution in [-0.2, 0) is 15.6 Å². The van der Waals surface area contributed by atoms with Gasteiger partial charge in [0.2, 0.25) is 5.78 Å². The number of carbonyl (C=O) groups excluding carboxylic acids is 1. The minimum absolute atomic E-state index is 0.215. The summed E-state index contributed by atoms with van der Waals surface area (Å²) in [5.41, 5.74) is 0. The number of hydrogen-bond acceptors (Lipinski definition) is 2. The van der Waals surface area contributed by atoms with E-state index in [1.54, 1.807) is 42.5 Å². The van der Waals surface area contributed by atoms with Crippen LogP contribution in [0.1, 0.15) is 6.42 Å². The van der Waals surface area contributed by atoms with E-state index in [2.05, 4.69) is 0 Å². The molecule has 1 aromatic carbocycles. The van der Waals surface area contributed by atoms with Gasteiger partial charge in [-0.05, 0) is 30.4 Å². The molecule has 0 saturated heterocycles. The van der Waals surface area contributed by atoms with E-state index in [1.165, 1.54) is 0 Å². The zero-order valence-corrected chi connectivity index (χ0v) is 11.7. The molecule has 0 heterocycles. The fourth-order valence-corrected chi connectivity index (χ4v) is 5.16. The van der Waals surface area contributed by atoms with Crippen molar-refractivity contribution in [2.45, 2.75) is 22.7 Å². The van der Waals surface area contributed by atoms with Crippen molar-refractivity contribution < 1.29 is 22.2 Å². The average molecular weight is 314 g/mol. The highest BCUT2D eigenvalue weighted by Crippen LogP contribution is 2.49. The van der Waals surface area contributed by atoms with Gasteiger partial charge >= 0.3 is 6.18 Å². The van der Waals surface area contributed by atoms with Crippen molar-refractivity contribution in [2.75, 3.05) is 0 Å². The van der Waals surface area contributed by atoms with Crippen molar-refractivity contribution in [1.29, 1.82) is 0 Å². The first-order valence-electron chi connectivity index (χ1n) is 6.64. The summed E-state index contributed by atoms with van der Waals surface area (Å²) in [6.45, 7) is 0. The van der Waals surface area contributed by atoms with Crippen molar-refractivity contribution in [2.24, 2.45) is 17.8 Å². The lowest BCUT2D eigenvalue weighted by molar-refractivity contribution is -0.176. The molecule has 2 bridgehead atoms. The van der Waals surface area contributed by atoms with Crippen LogP contribution in [0.4, 0.5) is 13.2 Å². The zero-order chi connectivity index (χ0) is 15.2. The van der Waals surface area contributed by atoms with Gasteiger partial charge < -0.3 is 0 Å². The quantitative estimate of drug-likeness (QED) is 0.803. The summed E-state index contributed by atoms with van der Waals surface area (Å²) >= 11 is 0. The maximum atomic E-state index is 12.8. The van der Waals surface area contributed by atoms with Gasteiger partial charge in [-0.1, -0.05) is 30.4 Å². The highest BCUT2D eigenvalue weighted by molar-refractivity contribution is 7.85. The molecule has 3 rings (SSSR count). The molecular weight excluding hydrogens is 301 g/mol. The van der Waals surface area contributed by atoms with Crippen molar-refractivity contribution in [3.63, 3.8) is 0 Å². The molecule has 5 atom stereocenters. The molecule has 21 heavy (non-hydrogen) atoms. The Balaban J connectivity index is 1.95. The topological polar surface area (TPSA) is 34.1 Å². The minimum atomic E-state index is -4.87. The SMILES string of the molecule is O=C([C@@H]1[C@@H]([S@@](=O)c2ccccc2)[C@@H]2C=C[C@H]1C2)C(F)(F)F. The van der Waals surface area contributed by atoms with Gasteiger partial charge in [0.05, 0.1) is 16.0 Å². The van der Waals surface area contributed by atoms with Crippen LogP contribution >= 0.6 is 0 Å². The third-order valence-electron chi connectivity index (χ3n) is 4.19. The van der Waals surface area contributed by atoms with E-state index in [0.29, 0.717) is 11.3 Å². The second-order valence-electron chi connectivity index (χ2n) is 5.41. The lowest BCUT2D eigenvalue weighted by Gasteiger charge is -2.27. The molecule has 0 amide bonds. The molecule has 2 aliphatic rings. The summed E-state index contributed by atoms with van der Waals surface area (Å²) in [7, 11) is -1.62. The van der Waals surface area contributed by atoms with Crippen molar-refractivity contribution in [1.82, 2.24) is 0 Å². The molecule has 0 N–H and O–H groups in total. The summed E-state index contributed by atoms with van der Waals surface area (Å²) < 4.78 is 51.0. The third kappa shape index (κ3) is 2.46. The van der Waals surface area contributed by atoms with Crippen molar-refractivity contribution in [3.05, 3.63) is 42.5 Å². The number of ketones is 1. The fourth-order valence-electron chi connectivity index (χ4n) is 3.31. The lowest BCUT2D eigenvalue weighted by atomic mass is 9.89. The first-order valence-corrected chi connectivity index (χ1v) is 7.86. The summed E-state index contributed by atoms with van der Waals surface area (Å²) in [4.78, 5) is 12.2. The molecule has 1 saturated carbocycles. The van der Waals surface area contributed by atoms with Gasteiger partial charge in [0.1, 0.15) is 0 Å². The van der Waals surface area contributed by atoms with E-state index in [1.807, 2.05) is 0 Å². The Morgan fingerprint density at radius 3 is 2.33 bits per heavy atom. The Morgan fingerprint density at radius 1 is 1.10 bits per heavy atom. The fraction of sp³-hybridized carbons (Fsp3) is 0.400. The van der Waals surface area contributed by atoms with Gasteiger partial charge in [-0.2, -0.15) is 13.2 Å². The first kappa shape index (κ1) is 14.5. The molecule has 112 valence electrons. The molecular formula is C15H13F3O2S. The normalized spacial score (nSPS) is 32.3. The first-order chi connectivity index (χ1) is 9.89. The molecule has 0 unspecified atom stereocenters. The Bertz CT molecular complexity index is 609. The van der Waals surface area contributed by atoms with Crippen LogP contribution in [0, 0.1) is 17.8 Å². The van der Waals surface area contributed by atoms with Crippen LogP contribution in [0.2, 0.25) is 0 Å². The molecule has 2 aliphatic carbocycles. The maximum absolute atomic E-state index is 12.8. The second-order valence-corrected chi connectivity index (χ2v) is 7.02. The Morgan fingerprint density at radius 2 is 1.71 bits per heavy atom. The summed E-state index contributed by atoms with van der Waals surface area (Å²) in [6, 6.07) is 8.38. The molecule has 6 heteroatoms. The number of allylic oxidation sites excluding steroid dienone is 2. The molecule has 0 radical (unpaired) electrons. The molecule has 1 aromatic rings. The van der Waals surface area contributed by atoms with Crippen LogP contribution in [0.3, 0.4) is 0 Å². The zero-order valence-electron chi connectivity index (χ0n) is 10.9. The molecule has 0 aliphatic heterocycles. The van der Waals surface area contributed by atoms with Crippen LogP contribution in [0.5, 0.6) is 0 Å². The van der Waals surface area contributed by atoms with Gasteiger partial charge in [-0.3, -0.25) is 9.00 Å². The van der Waals surface area contributed by atoms with Crippen LogP contribution in [0.25, 0.3) is 0 Å². The summed E-state index contributed by atoms with van der Waals surface area (Å²) in [5, 5.41) is -0.781. The number of benzene rings is 1. The maximum Gasteiger partial charge on any atom is 0.450 e. The van der Waals surface area contributed by atoms with Gasteiger partial charge in [0.15, 0.2) is 0 Å². The van der Waals surface area contributed by atoms with Crippen LogP contribution < -0.4 is 0 Å². The van der Waals surface area contributed by atoms with Crippen LogP contribution in [-0.4, -0.2) is 21.4 Å². The predicted molar refractivity (Wildman–Crippen MR) is 71.9 cm³/mol. The van der Waals surface area contributed by atoms with Crippen molar-refractivity contribution >= 4 is 16.6 Å². The number of halogens is 3. The van der Waals surface area contributed by atoms with Gasteiger partial charge in [-0.25, -0.2) is 0 Å². The van der Waals surface area contributed by atoms with E-state index in [9.17, 15) is 22.2 Å². The predicted octanol–water partition coefficient (Wildman–Crippen LogP) is 3.12. The lowest BCUT2D eigenvalue weighted by Crippen LogP contribution is -2.41. The number of Topliss-reactive ketones (excluding diaryl/α,β-unsaturated/α-hetero) is 1. The monoisotopic (exact) mass is 314 g/mol. The second kappa shape index (κ2) is 5.09. The number of alkyl halides is 3. The highest BCUT2D eigenvalue weighted by Gasteiger charge is 2.57. The molecule has 2 nitrogen and oxygen atoms in total. The van der Waals surface area contributed by atoms with E-state index < -0.39 is 39.8 Å². The van der Waals surface area contributed by atoms with Crippen LogP contribution in [0.15, 0.2) is 47.4 Å². The van der Waals surface area contributed by atoms with Gasteiger partial charge in [-0.15, -0.1) is 0 Å². The number of fused-ring (bicyclic) bond motifs is 2. The Hall–Kier alpha value is -1.43. The highest BCUT2D eigenvalue weighted by atomic mass is 32.2. The molecule has 1 fully saturated rings.